The summed E-state index contributed by atoms with van der Waals surface area (Å²) in [6, 6.07) is 0. The van der Waals surface area contributed by atoms with Crippen molar-refractivity contribution in [3.8, 4) is 0 Å². The molecule has 0 aromatic carbocycles. The van der Waals surface area contributed by atoms with Crippen LogP contribution in [0.15, 0.2) is 0 Å². The van der Waals surface area contributed by atoms with Gasteiger partial charge in [0.25, 0.3) is 0 Å². The maximum Gasteiger partial charge on any atom is 0.140 e. The van der Waals surface area contributed by atoms with Gasteiger partial charge >= 0.3 is 0 Å². The summed E-state index contributed by atoms with van der Waals surface area (Å²) in [7, 11) is 0. The monoisotopic (exact) mass is 373 g/mol. The average molecular weight is 373 g/mol. The first-order valence-electron chi connectivity index (χ1n) is 7.13. The fourth-order valence-electron chi connectivity index (χ4n) is 2.72. The lowest BCUT2D eigenvalue weighted by atomic mass is 9.73. The van der Waals surface area contributed by atoms with Crippen LogP contribution in [0.3, 0.4) is 0 Å². The van der Waals surface area contributed by atoms with Crippen molar-refractivity contribution in [3.05, 3.63) is 15.1 Å². The van der Waals surface area contributed by atoms with Gasteiger partial charge in [0, 0.05) is 5.92 Å². The summed E-state index contributed by atoms with van der Waals surface area (Å²) >= 11 is 2.26. The zero-order valence-electron chi connectivity index (χ0n) is 12.3. The first-order chi connectivity index (χ1) is 8.80. The molecule has 106 valence electrons. The van der Waals surface area contributed by atoms with E-state index in [0.717, 1.165) is 15.1 Å². The van der Waals surface area contributed by atoms with Crippen LogP contribution in [0.2, 0.25) is 0 Å². The van der Waals surface area contributed by atoms with Crippen molar-refractivity contribution in [3.63, 3.8) is 0 Å². The van der Waals surface area contributed by atoms with Crippen molar-refractivity contribution < 1.29 is 0 Å². The van der Waals surface area contributed by atoms with E-state index < -0.39 is 0 Å². The molecule has 0 unspecified atom stereocenters. The maximum atomic E-state index is 6.06. The van der Waals surface area contributed by atoms with Gasteiger partial charge in [0.2, 0.25) is 0 Å². The highest BCUT2D eigenvalue weighted by atomic mass is 127. The molecule has 4 heteroatoms. The molecule has 0 spiro atoms. The molecule has 1 fully saturated rings. The van der Waals surface area contributed by atoms with Crippen LogP contribution in [0.25, 0.3) is 0 Å². The highest BCUT2D eigenvalue weighted by Crippen LogP contribution is 2.42. The molecule has 0 atom stereocenters. The molecule has 19 heavy (non-hydrogen) atoms. The Kier molecular flexibility index (Phi) is 4.38. The van der Waals surface area contributed by atoms with Crippen LogP contribution in [-0.2, 0) is 0 Å². The summed E-state index contributed by atoms with van der Waals surface area (Å²) < 4.78 is 1.02. The topological polar surface area (TPSA) is 51.8 Å². The zero-order chi connectivity index (χ0) is 14.2. The second-order valence-electron chi connectivity index (χ2n) is 6.76. The third-order valence-electron chi connectivity index (χ3n) is 4.17. The second kappa shape index (κ2) is 5.54. The van der Waals surface area contributed by atoms with Crippen molar-refractivity contribution in [2.45, 2.75) is 65.2 Å². The molecule has 0 aliphatic heterocycles. The number of anilines is 1. The Morgan fingerprint density at radius 3 is 2.32 bits per heavy atom. The first kappa shape index (κ1) is 15.0. The Morgan fingerprint density at radius 2 is 1.79 bits per heavy atom. The summed E-state index contributed by atoms with van der Waals surface area (Å²) in [4.78, 5) is 9.35. The van der Waals surface area contributed by atoms with Crippen LogP contribution in [0, 0.1) is 8.99 Å². The smallest absolute Gasteiger partial charge is 0.140 e. The molecule has 3 nitrogen and oxygen atoms in total. The van der Waals surface area contributed by atoms with Gasteiger partial charge in [-0.05, 0) is 59.6 Å². The number of halogens is 1. The van der Waals surface area contributed by atoms with Crippen LogP contribution in [0.1, 0.15) is 76.7 Å². The van der Waals surface area contributed by atoms with Gasteiger partial charge in [0.15, 0.2) is 0 Å². The molecule has 1 heterocycles. The second-order valence-corrected chi connectivity index (χ2v) is 7.84. The third kappa shape index (κ3) is 3.38. The van der Waals surface area contributed by atoms with Gasteiger partial charge in [0.1, 0.15) is 11.6 Å². The SMILES string of the molecule is CC(C)c1nc(C2CCC(C)(C)CC2)nc(N)c1I. The Bertz CT molecular complexity index is 459. The normalized spacial score (nSPS) is 19.9. The van der Waals surface area contributed by atoms with E-state index in [2.05, 4.69) is 55.3 Å². The molecular weight excluding hydrogens is 349 g/mol. The van der Waals surface area contributed by atoms with Crippen LogP contribution >= 0.6 is 22.6 Å². The van der Waals surface area contributed by atoms with Gasteiger partial charge in [-0.1, -0.05) is 27.7 Å². The van der Waals surface area contributed by atoms with Gasteiger partial charge in [-0.3, -0.25) is 0 Å². The van der Waals surface area contributed by atoms with Crippen molar-refractivity contribution >= 4 is 28.4 Å². The Hall–Kier alpha value is -0.390. The van der Waals surface area contributed by atoms with E-state index >= 15 is 0 Å². The summed E-state index contributed by atoms with van der Waals surface area (Å²) in [6.07, 6.45) is 4.88. The lowest BCUT2D eigenvalue weighted by molar-refractivity contribution is 0.220. The number of aromatic nitrogens is 2. The standard InChI is InChI=1S/C15H24IN3/c1-9(2)12-11(16)13(17)19-14(18-12)10-5-7-15(3,4)8-6-10/h9-10H,5-8H2,1-4H3,(H2,17,18,19). The van der Waals surface area contributed by atoms with Gasteiger partial charge < -0.3 is 5.73 Å². The van der Waals surface area contributed by atoms with Crippen molar-refractivity contribution in [1.82, 2.24) is 9.97 Å². The minimum atomic E-state index is 0.399. The van der Waals surface area contributed by atoms with Crippen molar-refractivity contribution in [2.24, 2.45) is 5.41 Å². The minimum Gasteiger partial charge on any atom is -0.383 e. The molecule has 2 rings (SSSR count). The largest absolute Gasteiger partial charge is 0.383 e. The number of rotatable bonds is 2. The molecule has 0 bridgehead atoms. The lowest BCUT2D eigenvalue weighted by Gasteiger charge is -2.33. The predicted octanol–water partition coefficient (Wildman–Crippen LogP) is 4.47. The Labute approximate surface area is 129 Å². The van der Waals surface area contributed by atoms with Crippen LogP contribution in [-0.4, -0.2) is 9.97 Å². The fourth-order valence-corrected chi connectivity index (χ4v) is 3.59. The molecule has 1 aromatic heterocycles. The minimum absolute atomic E-state index is 0.399. The third-order valence-corrected chi connectivity index (χ3v) is 5.28. The van der Waals surface area contributed by atoms with E-state index in [1.54, 1.807) is 0 Å². The average Bonchev–Trinajstić information content (AvgIpc) is 2.32. The number of nitrogens with two attached hydrogens (primary N) is 1. The molecule has 2 N–H and O–H groups in total. The van der Waals surface area contributed by atoms with Crippen LogP contribution in [0.4, 0.5) is 5.82 Å². The lowest BCUT2D eigenvalue weighted by Crippen LogP contribution is -2.22. The maximum absolute atomic E-state index is 6.06. The van der Waals surface area contributed by atoms with E-state index in [1.165, 1.54) is 25.7 Å². The number of hydrogen-bond acceptors (Lipinski definition) is 3. The summed E-state index contributed by atoms with van der Waals surface area (Å²) in [5.41, 5.74) is 7.64. The molecule has 1 saturated carbocycles. The van der Waals surface area contributed by atoms with Crippen LogP contribution in [0.5, 0.6) is 0 Å². The molecular formula is C15H24IN3. The quantitative estimate of drug-likeness (QED) is 0.779. The molecule has 0 radical (unpaired) electrons. The molecule has 1 aromatic rings. The van der Waals surface area contributed by atoms with Crippen molar-refractivity contribution in [1.29, 1.82) is 0 Å². The van der Waals surface area contributed by atoms with E-state index in [1.807, 2.05) is 0 Å². The number of hydrogen-bond donors (Lipinski definition) is 1. The van der Waals surface area contributed by atoms with E-state index in [9.17, 15) is 0 Å². The highest BCUT2D eigenvalue weighted by Gasteiger charge is 2.29. The summed E-state index contributed by atoms with van der Waals surface area (Å²) in [5, 5.41) is 0. The van der Waals surface area contributed by atoms with Crippen LogP contribution < -0.4 is 5.73 Å². The van der Waals surface area contributed by atoms with E-state index in [-0.39, 0.29) is 0 Å². The predicted molar refractivity (Wildman–Crippen MR) is 88.2 cm³/mol. The highest BCUT2D eigenvalue weighted by molar-refractivity contribution is 14.1. The van der Waals surface area contributed by atoms with Gasteiger partial charge in [-0.15, -0.1) is 0 Å². The van der Waals surface area contributed by atoms with E-state index in [4.69, 9.17) is 10.7 Å². The zero-order valence-corrected chi connectivity index (χ0v) is 14.5. The van der Waals surface area contributed by atoms with Gasteiger partial charge in [-0.25, -0.2) is 9.97 Å². The summed E-state index contributed by atoms with van der Waals surface area (Å²) in [5.74, 6) is 2.51. The number of nitrogen functional groups attached to an aromatic ring is 1. The molecule has 0 saturated heterocycles. The van der Waals surface area contributed by atoms with E-state index in [0.29, 0.717) is 23.1 Å². The summed E-state index contributed by atoms with van der Waals surface area (Å²) in [6.45, 7) is 9.03. The first-order valence-corrected chi connectivity index (χ1v) is 8.21. The Balaban J connectivity index is 2.26. The van der Waals surface area contributed by atoms with Crippen molar-refractivity contribution in [2.75, 3.05) is 5.73 Å². The number of nitrogens with zero attached hydrogens (tertiary/aromatic N) is 2. The molecule has 0 amide bonds. The molecule has 1 aliphatic rings. The fraction of sp³-hybridized carbons (Fsp3) is 0.733. The van der Waals surface area contributed by atoms with Gasteiger partial charge in [-0.2, -0.15) is 0 Å². The molecule has 1 aliphatic carbocycles. The Morgan fingerprint density at radius 1 is 1.21 bits per heavy atom. The van der Waals surface area contributed by atoms with Gasteiger partial charge in [0.05, 0.1) is 9.26 Å².